The third-order valence-corrected chi connectivity index (χ3v) is 4.19. The first kappa shape index (κ1) is 19.9. The van der Waals surface area contributed by atoms with Crippen LogP contribution in [0, 0.1) is 5.41 Å². The van der Waals surface area contributed by atoms with E-state index < -0.39 is 5.41 Å². The molecule has 0 aliphatic heterocycles. The van der Waals surface area contributed by atoms with Crippen molar-refractivity contribution in [3.05, 3.63) is 29.3 Å². The van der Waals surface area contributed by atoms with Gasteiger partial charge >= 0.3 is 0 Å². The standard InChI is InChI=1S/C19H32O4/c1-17(2,3)14-7-8-16(15(9-14)18(4,5)6)23-13-19(10-20,11-21)12-22/h7-9,20-22H,10-13H2,1-6H3. The van der Waals surface area contributed by atoms with Gasteiger partial charge in [-0.25, -0.2) is 0 Å². The molecule has 4 heteroatoms. The number of rotatable bonds is 6. The van der Waals surface area contributed by atoms with Crippen LogP contribution in [0.25, 0.3) is 0 Å². The van der Waals surface area contributed by atoms with Crippen LogP contribution in [0.1, 0.15) is 52.7 Å². The van der Waals surface area contributed by atoms with Gasteiger partial charge in [-0.1, -0.05) is 53.7 Å². The molecule has 0 atom stereocenters. The van der Waals surface area contributed by atoms with E-state index in [0.29, 0.717) is 0 Å². The second kappa shape index (κ2) is 7.20. The Balaban J connectivity index is 3.16. The molecule has 0 saturated heterocycles. The minimum absolute atomic E-state index is 0.0452. The highest BCUT2D eigenvalue weighted by molar-refractivity contribution is 5.43. The minimum atomic E-state index is -1.03. The molecule has 0 unspecified atom stereocenters. The molecule has 0 amide bonds. The van der Waals surface area contributed by atoms with E-state index in [2.05, 4.69) is 47.6 Å². The number of ether oxygens (including phenoxy) is 1. The quantitative estimate of drug-likeness (QED) is 0.752. The average molecular weight is 324 g/mol. The Bertz CT molecular complexity index is 497. The van der Waals surface area contributed by atoms with Crippen molar-refractivity contribution >= 4 is 0 Å². The van der Waals surface area contributed by atoms with E-state index in [-0.39, 0.29) is 37.3 Å². The molecule has 0 saturated carbocycles. The molecule has 0 aliphatic rings. The lowest BCUT2D eigenvalue weighted by atomic mass is 9.80. The molecule has 4 nitrogen and oxygen atoms in total. The molecule has 1 aromatic rings. The van der Waals surface area contributed by atoms with Crippen LogP contribution in [0.5, 0.6) is 5.75 Å². The van der Waals surface area contributed by atoms with Gasteiger partial charge in [-0.15, -0.1) is 0 Å². The van der Waals surface area contributed by atoms with Crippen LogP contribution in [0.2, 0.25) is 0 Å². The van der Waals surface area contributed by atoms with E-state index in [1.54, 1.807) is 0 Å². The molecule has 3 N–H and O–H groups in total. The SMILES string of the molecule is CC(C)(C)c1ccc(OCC(CO)(CO)CO)c(C(C)(C)C)c1. The van der Waals surface area contributed by atoms with Crippen LogP contribution in [0.4, 0.5) is 0 Å². The highest BCUT2D eigenvalue weighted by Gasteiger charge is 2.30. The zero-order valence-electron chi connectivity index (χ0n) is 15.3. The van der Waals surface area contributed by atoms with Crippen LogP contribution >= 0.6 is 0 Å². The predicted molar refractivity (Wildman–Crippen MR) is 93.0 cm³/mol. The lowest BCUT2D eigenvalue weighted by molar-refractivity contribution is -0.0262. The van der Waals surface area contributed by atoms with Gasteiger partial charge in [0.15, 0.2) is 0 Å². The van der Waals surface area contributed by atoms with Crippen LogP contribution in [0.15, 0.2) is 18.2 Å². The Labute approximate surface area is 140 Å². The summed E-state index contributed by atoms with van der Waals surface area (Å²) in [5.41, 5.74) is 1.22. The van der Waals surface area contributed by atoms with Crippen LogP contribution < -0.4 is 4.74 Å². The highest BCUT2D eigenvalue weighted by Crippen LogP contribution is 2.36. The lowest BCUT2D eigenvalue weighted by Crippen LogP contribution is -2.40. The van der Waals surface area contributed by atoms with Gasteiger partial charge in [-0.05, 0) is 28.0 Å². The molecule has 1 rings (SSSR count). The highest BCUT2D eigenvalue weighted by atomic mass is 16.5. The summed E-state index contributed by atoms with van der Waals surface area (Å²) < 4.78 is 5.89. The zero-order chi connectivity index (χ0) is 17.9. The van der Waals surface area contributed by atoms with Crippen molar-refractivity contribution < 1.29 is 20.1 Å². The summed E-state index contributed by atoms with van der Waals surface area (Å²) in [6.07, 6.45) is 0. The Morgan fingerprint density at radius 2 is 1.35 bits per heavy atom. The summed E-state index contributed by atoms with van der Waals surface area (Å²) in [6, 6.07) is 6.15. The monoisotopic (exact) mass is 324 g/mol. The van der Waals surface area contributed by atoms with E-state index in [1.165, 1.54) is 5.56 Å². The Morgan fingerprint density at radius 1 is 0.826 bits per heavy atom. The van der Waals surface area contributed by atoms with Gasteiger partial charge in [0.2, 0.25) is 0 Å². The molecule has 132 valence electrons. The van der Waals surface area contributed by atoms with Gasteiger partial charge in [0.1, 0.15) is 12.4 Å². The minimum Gasteiger partial charge on any atom is -0.492 e. The van der Waals surface area contributed by atoms with Gasteiger partial charge in [0.05, 0.1) is 25.2 Å². The molecule has 0 fully saturated rings. The van der Waals surface area contributed by atoms with Crippen LogP contribution in [0.3, 0.4) is 0 Å². The van der Waals surface area contributed by atoms with E-state index in [9.17, 15) is 15.3 Å². The maximum atomic E-state index is 9.43. The molecular formula is C19H32O4. The fourth-order valence-electron chi connectivity index (χ4n) is 2.23. The summed E-state index contributed by atoms with van der Waals surface area (Å²) in [4.78, 5) is 0. The maximum Gasteiger partial charge on any atom is 0.123 e. The normalized spacial score (nSPS) is 13.3. The van der Waals surface area contributed by atoms with Crippen molar-refractivity contribution in [1.82, 2.24) is 0 Å². The number of hydrogen-bond donors (Lipinski definition) is 3. The largest absolute Gasteiger partial charge is 0.492 e. The summed E-state index contributed by atoms with van der Waals surface area (Å²) >= 11 is 0. The first-order valence-corrected chi connectivity index (χ1v) is 8.09. The molecule has 0 aromatic heterocycles. The Hall–Kier alpha value is -1.10. The van der Waals surface area contributed by atoms with Gasteiger partial charge in [0.25, 0.3) is 0 Å². The van der Waals surface area contributed by atoms with Crippen molar-refractivity contribution in [3.63, 3.8) is 0 Å². The van der Waals surface area contributed by atoms with Gasteiger partial charge in [-0.3, -0.25) is 0 Å². The van der Waals surface area contributed by atoms with Crippen LogP contribution in [-0.2, 0) is 10.8 Å². The van der Waals surface area contributed by atoms with Gasteiger partial charge < -0.3 is 20.1 Å². The first-order chi connectivity index (χ1) is 10.5. The Kier molecular flexibility index (Phi) is 6.25. The van der Waals surface area contributed by atoms with Crippen molar-refractivity contribution in [2.24, 2.45) is 5.41 Å². The second-order valence-corrected chi connectivity index (χ2v) is 8.47. The topological polar surface area (TPSA) is 69.9 Å². The van der Waals surface area contributed by atoms with E-state index in [4.69, 9.17) is 4.74 Å². The number of hydrogen-bond acceptors (Lipinski definition) is 4. The molecule has 0 radical (unpaired) electrons. The lowest BCUT2D eigenvalue weighted by Gasteiger charge is -2.30. The smallest absolute Gasteiger partial charge is 0.123 e. The summed E-state index contributed by atoms with van der Waals surface area (Å²) in [7, 11) is 0. The fourth-order valence-corrected chi connectivity index (χ4v) is 2.23. The van der Waals surface area contributed by atoms with E-state index in [1.807, 2.05) is 12.1 Å². The molecule has 0 aliphatic carbocycles. The summed E-state index contributed by atoms with van der Waals surface area (Å²) in [6.45, 7) is 12.0. The molecule has 0 spiro atoms. The summed E-state index contributed by atoms with van der Waals surface area (Å²) in [5, 5.41) is 28.3. The Morgan fingerprint density at radius 3 is 1.74 bits per heavy atom. The third-order valence-electron chi connectivity index (χ3n) is 4.19. The number of aliphatic hydroxyl groups excluding tert-OH is 3. The predicted octanol–water partition coefficient (Wildman–Crippen LogP) is 2.62. The third kappa shape index (κ3) is 4.93. The van der Waals surface area contributed by atoms with Crippen LogP contribution in [-0.4, -0.2) is 41.7 Å². The van der Waals surface area contributed by atoms with Gasteiger partial charge in [0, 0.05) is 0 Å². The average Bonchev–Trinajstić information content (AvgIpc) is 2.47. The van der Waals surface area contributed by atoms with Crippen molar-refractivity contribution in [2.75, 3.05) is 26.4 Å². The maximum absolute atomic E-state index is 9.43. The first-order valence-electron chi connectivity index (χ1n) is 8.09. The van der Waals surface area contributed by atoms with Crippen molar-refractivity contribution in [1.29, 1.82) is 0 Å². The molecule has 0 bridgehead atoms. The van der Waals surface area contributed by atoms with E-state index in [0.717, 1.165) is 11.3 Å². The molecule has 23 heavy (non-hydrogen) atoms. The molecule has 1 aromatic carbocycles. The fraction of sp³-hybridized carbons (Fsp3) is 0.684. The second-order valence-electron chi connectivity index (χ2n) is 8.47. The summed E-state index contributed by atoms with van der Waals surface area (Å²) in [5.74, 6) is 0.727. The van der Waals surface area contributed by atoms with Crippen molar-refractivity contribution in [3.8, 4) is 5.75 Å². The molecule has 0 heterocycles. The van der Waals surface area contributed by atoms with Crippen molar-refractivity contribution in [2.45, 2.75) is 52.4 Å². The zero-order valence-corrected chi connectivity index (χ0v) is 15.3. The number of aliphatic hydroxyl groups is 3. The number of benzene rings is 1. The molecular weight excluding hydrogens is 292 g/mol. The van der Waals surface area contributed by atoms with E-state index >= 15 is 0 Å². The van der Waals surface area contributed by atoms with Gasteiger partial charge in [-0.2, -0.15) is 0 Å².